The molecule has 2 atom stereocenters. The van der Waals surface area contributed by atoms with Gasteiger partial charge in [-0.1, -0.05) is 28.6 Å². The monoisotopic (exact) mass is 262 g/mol. The van der Waals surface area contributed by atoms with Crippen molar-refractivity contribution in [2.45, 2.75) is 25.7 Å². The fourth-order valence-electron chi connectivity index (χ4n) is 2.75. The number of benzene rings is 1. The van der Waals surface area contributed by atoms with E-state index in [9.17, 15) is 0 Å². The van der Waals surface area contributed by atoms with Crippen molar-refractivity contribution in [2.24, 2.45) is 11.8 Å². The summed E-state index contributed by atoms with van der Waals surface area (Å²) in [4.78, 5) is 0. The number of hydrogen-bond acceptors (Lipinski definition) is 0. The summed E-state index contributed by atoms with van der Waals surface area (Å²) in [5.41, 5.74) is 4.24. The lowest BCUT2D eigenvalue weighted by Crippen LogP contribution is -2.00. The van der Waals surface area contributed by atoms with Gasteiger partial charge in [0.25, 0.3) is 0 Å². The molecule has 1 saturated carbocycles. The minimum Gasteiger partial charge on any atom is -0.0952 e. The summed E-state index contributed by atoms with van der Waals surface area (Å²) in [5.74, 6) is 1.97. The first kappa shape index (κ1) is 9.65. The lowest BCUT2D eigenvalue weighted by molar-refractivity contribution is 0.644. The smallest absolute Gasteiger partial charge is 0.0181 e. The quantitative estimate of drug-likeness (QED) is 0.649. The number of rotatable bonds is 0. The Hall–Kier alpha value is -0.560. The van der Waals surface area contributed by atoms with E-state index in [0.717, 1.165) is 11.8 Å². The lowest BCUT2D eigenvalue weighted by Gasteiger charge is -2.15. The standard InChI is InChI=1S/C14H15Br/c1-9-2-3-10-6-12(10)7-11-4-5-13(15)8-14(9)11/h4-5,8,10,12H,1-3,6-7H2. The van der Waals surface area contributed by atoms with E-state index in [1.807, 2.05) is 0 Å². The van der Waals surface area contributed by atoms with Gasteiger partial charge in [0.15, 0.2) is 0 Å². The van der Waals surface area contributed by atoms with Crippen LogP contribution < -0.4 is 0 Å². The molecular weight excluding hydrogens is 248 g/mol. The minimum atomic E-state index is 0.970. The molecule has 0 saturated heterocycles. The number of hydrogen-bond donors (Lipinski definition) is 0. The Bertz CT molecular complexity index is 419. The average Bonchev–Trinajstić information content (AvgIpc) is 2.93. The molecule has 0 N–H and O–H groups in total. The minimum absolute atomic E-state index is 0.970. The fraction of sp³-hybridized carbons (Fsp3) is 0.429. The van der Waals surface area contributed by atoms with Gasteiger partial charge in [0, 0.05) is 4.47 Å². The molecule has 1 heteroatoms. The van der Waals surface area contributed by atoms with Gasteiger partial charge in [0.2, 0.25) is 0 Å². The number of allylic oxidation sites excluding steroid dienone is 1. The highest BCUT2D eigenvalue weighted by Gasteiger charge is 2.37. The van der Waals surface area contributed by atoms with Crippen molar-refractivity contribution in [1.82, 2.24) is 0 Å². The summed E-state index contributed by atoms with van der Waals surface area (Å²) in [6, 6.07) is 6.66. The predicted octanol–water partition coefficient (Wildman–Crippen LogP) is 4.43. The van der Waals surface area contributed by atoms with E-state index in [4.69, 9.17) is 0 Å². The molecule has 1 aromatic rings. The van der Waals surface area contributed by atoms with Crippen LogP contribution in [0.1, 0.15) is 30.4 Å². The van der Waals surface area contributed by atoms with Crippen LogP contribution in [0.4, 0.5) is 0 Å². The van der Waals surface area contributed by atoms with E-state index in [-0.39, 0.29) is 0 Å². The molecule has 0 bridgehead atoms. The first-order chi connectivity index (χ1) is 7.24. The van der Waals surface area contributed by atoms with Crippen LogP contribution in [0.2, 0.25) is 0 Å². The zero-order valence-corrected chi connectivity index (χ0v) is 10.4. The van der Waals surface area contributed by atoms with Crippen LogP contribution >= 0.6 is 15.9 Å². The largest absolute Gasteiger partial charge is 0.0952 e. The highest BCUT2D eigenvalue weighted by atomic mass is 79.9. The van der Waals surface area contributed by atoms with Gasteiger partial charge in [-0.05, 0) is 66.4 Å². The third kappa shape index (κ3) is 1.78. The van der Waals surface area contributed by atoms with Crippen LogP contribution in [0, 0.1) is 11.8 Å². The van der Waals surface area contributed by atoms with E-state index in [1.54, 1.807) is 0 Å². The maximum atomic E-state index is 4.23. The molecule has 3 rings (SSSR count). The van der Waals surface area contributed by atoms with Crippen LogP contribution in [0.15, 0.2) is 29.3 Å². The van der Waals surface area contributed by atoms with Crippen LogP contribution in [-0.2, 0) is 6.42 Å². The Kier molecular flexibility index (Phi) is 2.24. The fourth-order valence-corrected chi connectivity index (χ4v) is 3.11. The molecule has 2 aliphatic rings. The molecule has 0 aliphatic heterocycles. The first-order valence-corrected chi connectivity index (χ1v) is 6.50. The first-order valence-electron chi connectivity index (χ1n) is 5.70. The van der Waals surface area contributed by atoms with Crippen LogP contribution in [-0.4, -0.2) is 0 Å². The van der Waals surface area contributed by atoms with Crippen molar-refractivity contribution in [3.05, 3.63) is 40.4 Å². The van der Waals surface area contributed by atoms with Crippen LogP contribution in [0.3, 0.4) is 0 Å². The van der Waals surface area contributed by atoms with Gasteiger partial charge in [0.05, 0.1) is 0 Å². The Morgan fingerprint density at radius 3 is 3.00 bits per heavy atom. The molecule has 2 aliphatic carbocycles. The molecule has 0 nitrogen and oxygen atoms in total. The predicted molar refractivity (Wildman–Crippen MR) is 67.7 cm³/mol. The van der Waals surface area contributed by atoms with Gasteiger partial charge in [-0.2, -0.15) is 0 Å². The normalized spacial score (nSPS) is 28.7. The maximum Gasteiger partial charge on any atom is 0.0181 e. The van der Waals surface area contributed by atoms with E-state index >= 15 is 0 Å². The van der Waals surface area contributed by atoms with Gasteiger partial charge in [0.1, 0.15) is 0 Å². The summed E-state index contributed by atoms with van der Waals surface area (Å²) in [6.07, 6.45) is 5.26. The van der Waals surface area contributed by atoms with Crippen molar-refractivity contribution in [1.29, 1.82) is 0 Å². The van der Waals surface area contributed by atoms with E-state index in [0.29, 0.717) is 0 Å². The molecule has 0 spiro atoms. The Balaban J connectivity index is 2.04. The van der Waals surface area contributed by atoms with Crippen molar-refractivity contribution in [3.8, 4) is 0 Å². The molecule has 0 aromatic heterocycles. The van der Waals surface area contributed by atoms with Gasteiger partial charge in [-0.15, -0.1) is 0 Å². The molecular formula is C14H15Br. The molecule has 1 aromatic carbocycles. The summed E-state index contributed by atoms with van der Waals surface area (Å²) >= 11 is 3.55. The lowest BCUT2D eigenvalue weighted by atomic mass is 9.90. The van der Waals surface area contributed by atoms with E-state index in [2.05, 4.69) is 40.7 Å². The third-order valence-electron chi connectivity index (χ3n) is 3.82. The molecule has 2 unspecified atom stereocenters. The van der Waals surface area contributed by atoms with E-state index in [1.165, 1.54) is 46.9 Å². The Labute approximate surface area is 99.5 Å². The maximum absolute atomic E-state index is 4.23. The Morgan fingerprint density at radius 2 is 2.13 bits per heavy atom. The van der Waals surface area contributed by atoms with Gasteiger partial charge in [-0.25, -0.2) is 0 Å². The highest BCUT2D eigenvalue weighted by molar-refractivity contribution is 9.10. The van der Waals surface area contributed by atoms with Crippen molar-refractivity contribution < 1.29 is 0 Å². The second-order valence-corrected chi connectivity index (χ2v) is 5.82. The molecule has 15 heavy (non-hydrogen) atoms. The van der Waals surface area contributed by atoms with Gasteiger partial charge < -0.3 is 0 Å². The van der Waals surface area contributed by atoms with Gasteiger partial charge >= 0.3 is 0 Å². The zero-order valence-electron chi connectivity index (χ0n) is 8.80. The van der Waals surface area contributed by atoms with Crippen molar-refractivity contribution in [2.75, 3.05) is 0 Å². The zero-order chi connectivity index (χ0) is 10.4. The SMILES string of the molecule is C=C1CCC2CC2Cc2ccc(Br)cc21. The molecule has 1 fully saturated rings. The third-order valence-corrected chi connectivity index (χ3v) is 4.31. The van der Waals surface area contributed by atoms with Crippen LogP contribution in [0.25, 0.3) is 5.57 Å². The number of fused-ring (bicyclic) bond motifs is 2. The topological polar surface area (TPSA) is 0 Å². The summed E-state index contributed by atoms with van der Waals surface area (Å²) in [5, 5.41) is 0. The highest BCUT2D eigenvalue weighted by Crippen LogP contribution is 2.48. The second kappa shape index (κ2) is 3.48. The molecule has 0 heterocycles. The molecule has 78 valence electrons. The summed E-state index contributed by atoms with van der Waals surface area (Å²) in [7, 11) is 0. The molecule has 0 radical (unpaired) electrons. The van der Waals surface area contributed by atoms with E-state index < -0.39 is 0 Å². The summed E-state index contributed by atoms with van der Waals surface area (Å²) < 4.78 is 1.18. The van der Waals surface area contributed by atoms with Crippen LogP contribution in [0.5, 0.6) is 0 Å². The van der Waals surface area contributed by atoms with Crippen molar-refractivity contribution in [3.63, 3.8) is 0 Å². The Morgan fingerprint density at radius 1 is 1.27 bits per heavy atom. The second-order valence-electron chi connectivity index (χ2n) is 4.90. The van der Waals surface area contributed by atoms with Crippen molar-refractivity contribution >= 4 is 21.5 Å². The van der Waals surface area contributed by atoms with Gasteiger partial charge in [-0.3, -0.25) is 0 Å². The summed E-state index contributed by atoms with van der Waals surface area (Å²) in [6.45, 7) is 4.23. The average molecular weight is 263 g/mol. The number of halogens is 1. The molecule has 0 amide bonds.